The van der Waals surface area contributed by atoms with Gasteiger partial charge in [-0.2, -0.15) is 0 Å². The molecule has 6 nitrogen and oxygen atoms in total. The van der Waals surface area contributed by atoms with Gasteiger partial charge in [-0.25, -0.2) is 4.68 Å². The largest absolute Gasteiger partial charge is 0.332 e. The average Bonchev–Trinajstić information content (AvgIpc) is 2.07. The number of aldehydes is 1. The molecule has 0 atom stereocenters. The number of aryl methyl sites for hydroxylation is 1. The lowest BCUT2D eigenvalue weighted by molar-refractivity contribution is -0.108. The molecule has 0 bridgehead atoms. The van der Waals surface area contributed by atoms with Crippen molar-refractivity contribution in [2.75, 3.05) is 0 Å². The summed E-state index contributed by atoms with van der Waals surface area (Å²) < 4.78 is 1.69. The molecule has 0 saturated carbocycles. The van der Waals surface area contributed by atoms with Crippen molar-refractivity contribution in [1.82, 2.24) is 14.3 Å². The van der Waals surface area contributed by atoms with Crippen molar-refractivity contribution in [2.24, 2.45) is 7.05 Å². The quantitative estimate of drug-likeness (QED) is 0.376. The van der Waals surface area contributed by atoms with Crippen LogP contribution in [0.3, 0.4) is 0 Å². The number of carbonyl (C=O) groups is 1. The van der Waals surface area contributed by atoms with Crippen LogP contribution in [0.25, 0.3) is 0 Å². The van der Waals surface area contributed by atoms with Gasteiger partial charge in [0.1, 0.15) is 6.29 Å². The van der Waals surface area contributed by atoms with Crippen LogP contribution in [0.2, 0.25) is 0 Å². The molecule has 6 heteroatoms. The third-order valence-electron chi connectivity index (χ3n) is 1.29. The molecule has 1 aromatic heterocycles. The van der Waals surface area contributed by atoms with Crippen LogP contribution >= 0.6 is 0 Å². The number of nitrogens with zero attached hydrogens (tertiary/aromatic N) is 3. The van der Waals surface area contributed by atoms with Crippen molar-refractivity contribution < 1.29 is 4.79 Å². The lowest BCUT2D eigenvalue weighted by Crippen LogP contribution is -2.41. The Kier molecular flexibility index (Phi) is 2.18. The van der Waals surface area contributed by atoms with Crippen LogP contribution in [0.5, 0.6) is 0 Å². The maximum atomic E-state index is 11.0. The molecule has 63 valence electrons. The third-order valence-corrected chi connectivity index (χ3v) is 1.29. The molecule has 0 aromatic carbocycles. The minimum atomic E-state index is -0.792. The van der Waals surface area contributed by atoms with Crippen LogP contribution in [0.15, 0.2) is 9.59 Å². The summed E-state index contributed by atoms with van der Waals surface area (Å²) in [4.78, 5) is 31.9. The zero-order valence-corrected chi connectivity index (χ0v) is 6.35. The Morgan fingerprint density at radius 1 is 1.50 bits per heavy atom. The second-order valence-electron chi connectivity index (χ2n) is 2.11. The SMILES string of the molecule is Cn1n[c]n(CC=O)c(=O)c1=O. The molecule has 1 rings (SSSR count). The maximum Gasteiger partial charge on any atom is 0.332 e. The first kappa shape index (κ1) is 8.38. The van der Waals surface area contributed by atoms with E-state index in [4.69, 9.17) is 0 Å². The Labute approximate surface area is 67.1 Å². The van der Waals surface area contributed by atoms with E-state index in [-0.39, 0.29) is 6.54 Å². The van der Waals surface area contributed by atoms with E-state index < -0.39 is 11.1 Å². The van der Waals surface area contributed by atoms with Crippen molar-refractivity contribution in [1.29, 1.82) is 0 Å². The van der Waals surface area contributed by atoms with Crippen LogP contribution in [-0.4, -0.2) is 20.6 Å². The highest BCUT2D eigenvalue weighted by molar-refractivity contribution is 5.48. The maximum absolute atomic E-state index is 11.0. The smallest absolute Gasteiger partial charge is 0.301 e. The standard InChI is InChI=1S/C6H6N3O3/c1-8-5(11)6(12)9(2-3-10)4-7-8/h3H,2H2,1H3. The first-order chi connectivity index (χ1) is 5.66. The predicted molar refractivity (Wildman–Crippen MR) is 38.6 cm³/mol. The van der Waals surface area contributed by atoms with E-state index in [0.29, 0.717) is 6.29 Å². The average molecular weight is 168 g/mol. The highest BCUT2D eigenvalue weighted by Gasteiger charge is 2.01. The Balaban J connectivity index is 3.37. The second kappa shape index (κ2) is 3.12. The van der Waals surface area contributed by atoms with Crippen LogP contribution in [-0.2, 0) is 18.4 Å². The zero-order chi connectivity index (χ0) is 9.14. The van der Waals surface area contributed by atoms with E-state index in [1.54, 1.807) is 0 Å². The van der Waals surface area contributed by atoms with E-state index in [1.165, 1.54) is 7.05 Å². The molecular weight excluding hydrogens is 162 g/mol. The van der Waals surface area contributed by atoms with Crippen molar-refractivity contribution in [2.45, 2.75) is 6.54 Å². The van der Waals surface area contributed by atoms with E-state index in [1.807, 2.05) is 0 Å². The number of rotatable bonds is 2. The molecule has 0 amide bonds. The molecule has 0 fully saturated rings. The third kappa shape index (κ3) is 1.31. The highest BCUT2D eigenvalue weighted by Crippen LogP contribution is 1.67. The Morgan fingerprint density at radius 3 is 2.75 bits per heavy atom. The van der Waals surface area contributed by atoms with E-state index in [0.717, 1.165) is 9.25 Å². The summed E-state index contributed by atoms with van der Waals surface area (Å²) >= 11 is 0. The number of carbonyl (C=O) groups excluding carboxylic acids is 1. The minimum Gasteiger partial charge on any atom is -0.301 e. The zero-order valence-electron chi connectivity index (χ0n) is 6.35. The van der Waals surface area contributed by atoms with Crippen molar-refractivity contribution in [3.8, 4) is 0 Å². The molecule has 0 aliphatic carbocycles. The topological polar surface area (TPSA) is 74.0 Å². The minimum absolute atomic E-state index is 0.193. The van der Waals surface area contributed by atoms with Crippen LogP contribution < -0.4 is 11.1 Å². The summed E-state index contributed by atoms with van der Waals surface area (Å²) in [6.45, 7) is -0.193. The number of hydrogen-bond acceptors (Lipinski definition) is 4. The molecule has 1 radical (unpaired) electrons. The summed E-state index contributed by atoms with van der Waals surface area (Å²) in [6, 6.07) is 0. The van der Waals surface area contributed by atoms with Crippen LogP contribution in [0, 0.1) is 6.33 Å². The van der Waals surface area contributed by atoms with Gasteiger partial charge in [0.05, 0.1) is 6.54 Å². The van der Waals surface area contributed by atoms with Gasteiger partial charge in [0.2, 0.25) is 6.33 Å². The van der Waals surface area contributed by atoms with Gasteiger partial charge in [-0.05, 0) is 0 Å². The highest BCUT2D eigenvalue weighted by atomic mass is 16.2. The predicted octanol–water partition coefficient (Wildman–Crippen LogP) is -2.06. The lowest BCUT2D eigenvalue weighted by Gasteiger charge is -1.97. The van der Waals surface area contributed by atoms with Crippen LogP contribution in [0.4, 0.5) is 0 Å². The number of aromatic nitrogens is 3. The van der Waals surface area contributed by atoms with Crippen LogP contribution in [0.1, 0.15) is 0 Å². The molecule has 0 aliphatic rings. The molecule has 0 N–H and O–H groups in total. The summed E-state index contributed by atoms with van der Waals surface area (Å²) in [7, 11) is 1.34. The first-order valence-corrected chi connectivity index (χ1v) is 3.16. The normalized spacial score (nSPS) is 9.75. The van der Waals surface area contributed by atoms with Gasteiger partial charge in [0.15, 0.2) is 0 Å². The van der Waals surface area contributed by atoms with Gasteiger partial charge in [0.25, 0.3) is 0 Å². The summed E-state index contributed by atoms with van der Waals surface area (Å²) in [6.07, 6.45) is 2.73. The van der Waals surface area contributed by atoms with Gasteiger partial charge in [-0.15, -0.1) is 5.10 Å². The van der Waals surface area contributed by atoms with Crippen molar-refractivity contribution in [3.63, 3.8) is 0 Å². The number of hydrogen-bond donors (Lipinski definition) is 0. The van der Waals surface area contributed by atoms with Gasteiger partial charge < -0.3 is 4.79 Å². The van der Waals surface area contributed by atoms with Gasteiger partial charge in [0, 0.05) is 7.05 Å². The molecule has 0 aliphatic heterocycles. The van der Waals surface area contributed by atoms with E-state index in [2.05, 4.69) is 11.4 Å². The molecule has 0 saturated heterocycles. The Hall–Kier alpha value is -1.72. The Morgan fingerprint density at radius 2 is 2.17 bits per heavy atom. The first-order valence-electron chi connectivity index (χ1n) is 3.16. The summed E-state index contributed by atoms with van der Waals surface area (Å²) in [5.41, 5.74) is -1.56. The Bertz CT molecular complexity index is 403. The van der Waals surface area contributed by atoms with E-state index >= 15 is 0 Å². The molecule has 0 unspecified atom stereocenters. The van der Waals surface area contributed by atoms with Gasteiger partial charge in [-0.1, -0.05) is 0 Å². The fraction of sp³-hybridized carbons (Fsp3) is 0.333. The lowest BCUT2D eigenvalue weighted by atomic mass is 10.6. The van der Waals surface area contributed by atoms with Crippen molar-refractivity contribution in [3.05, 3.63) is 27.0 Å². The molecule has 12 heavy (non-hydrogen) atoms. The van der Waals surface area contributed by atoms with E-state index in [9.17, 15) is 14.4 Å². The molecular formula is C6H6N3O3. The van der Waals surface area contributed by atoms with Crippen molar-refractivity contribution >= 4 is 6.29 Å². The monoisotopic (exact) mass is 168 g/mol. The molecule has 1 aromatic rings. The van der Waals surface area contributed by atoms with Gasteiger partial charge >= 0.3 is 11.1 Å². The second-order valence-corrected chi connectivity index (χ2v) is 2.11. The fourth-order valence-corrected chi connectivity index (χ4v) is 0.664. The summed E-state index contributed by atoms with van der Waals surface area (Å²) in [5, 5.41) is 3.44. The van der Waals surface area contributed by atoms with Gasteiger partial charge in [-0.3, -0.25) is 14.2 Å². The summed E-state index contributed by atoms with van der Waals surface area (Å²) in [5.74, 6) is 0. The fourth-order valence-electron chi connectivity index (χ4n) is 0.664. The molecule has 0 spiro atoms. The molecule has 1 heterocycles.